The van der Waals surface area contributed by atoms with Gasteiger partial charge in [0.25, 0.3) is 11.8 Å². The molecule has 0 aromatic heterocycles. The van der Waals surface area contributed by atoms with Crippen molar-refractivity contribution in [2.75, 3.05) is 64.7 Å². The van der Waals surface area contributed by atoms with Gasteiger partial charge >= 0.3 is 0 Å². The van der Waals surface area contributed by atoms with Crippen molar-refractivity contribution in [3.8, 4) is 0 Å². The van der Waals surface area contributed by atoms with Crippen LogP contribution in [-0.2, 0) is 54.3 Å². The van der Waals surface area contributed by atoms with Gasteiger partial charge in [-0.05, 0) is 36.5 Å². The number of ether oxygens (including phenoxy) is 4. The van der Waals surface area contributed by atoms with E-state index in [0.717, 1.165) is 4.90 Å². The maximum absolute atomic E-state index is 13.3. The van der Waals surface area contributed by atoms with Crippen LogP contribution < -0.4 is 16.4 Å². The van der Waals surface area contributed by atoms with Crippen molar-refractivity contribution < 1.29 is 52.8 Å². The summed E-state index contributed by atoms with van der Waals surface area (Å²) in [6.45, 7) is 6.08. The molecule has 15 heteroatoms. The molecule has 0 bridgehead atoms. The summed E-state index contributed by atoms with van der Waals surface area (Å²) in [4.78, 5) is 74.4. The van der Waals surface area contributed by atoms with Crippen LogP contribution in [0.1, 0.15) is 57.9 Å². The third kappa shape index (κ3) is 17.1. The van der Waals surface area contributed by atoms with E-state index in [1.807, 2.05) is 13.8 Å². The average Bonchev–Trinajstić information content (AvgIpc) is 3.40. The Morgan fingerprint density at radius 1 is 0.780 bits per heavy atom. The zero-order valence-corrected chi connectivity index (χ0v) is 29.1. The van der Waals surface area contributed by atoms with Crippen molar-refractivity contribution in [1.82, 2.24) is 10.2 Å². The first-order valence-corrected chi connectivity index (χ1v) is 17.0. The molecule has 50 heavy (non-hydrogen) atoms. The number of carbonyl (C=O) groups is 6. The van der Waals surface area contributed by atoms with Crippen LogP contribution in [0.15, 0.2) is 36.4 Å². The second-order valence-electron chi connectivity index (χ2n) is 12.1. The van der Waals surface area contributed by atoms with Crippen molar-refractivity contribution in [1.29, 1.82) is 0 Å². The standard InChI is InChI=1S/C35H52N4O11/c1-25(2)29(34(45)38-30(5-3-4-6-31(36)42)35(46)37-27-9-7-26(24-40)8-10-27)23-28(41)13-15-47-17-19-49-21-22-50-20-18-48-16-14-39-32(43)11-12-33(39)44/h7-12,25,29-30,40H,3-6,13-24H2,1-2H3,(H2,36,42)(H,37,46)(H,38,45)/t29-,30-/m0/s1. The number of nitrogens with two attached hydrogens (primary N) is 1. The quantitative estimate of drug-likeness (QED) is 0.0720. The molecule has 0 unspecified atom stereocenters. The fraction of sp³-hybridized carbons (Fsp3) is 0.600. The van der Waals surface area contributed by atoms with Gasteiger partial charge in [0.05, 0.1) is 66.0 Å². The summed E-state index contributed by atoms with van der Waals surface area (Å²) < 4.78 is 21.7. The van der Waals surface area contributed by atoms with E-state index in [1.165, 1.54) is 12.2 Å². The smallest absolute Gasteiger partial charge is 0.253 e. The van der Waals surface area contributed by atoms with Crippen LogP contribution >= 0.6 is 0 Å². The number of Topliss-reactive ketones (excluding diaryl/α,β-unsaturated/α-hetero) is 1. The number of carbonyl (C=O) groups excluding carboxylic acids is 6. The molecule has 0 fully saturated rings. The highest BCUT2D eigenvalue weighted by molar-refractivity contribution is 6.12. The third-order valence-corrected chi connectivity index (χ3v) is 7.79. The molecule has 5 amide bonds. The van der Waals surface area contributed by atoms with Gasteiger partial charge in [-0.1, -0.05) is 32.4 Å². The normalized spacial score (nSPS) is 13.9. The van der Waals surface area contributed by atoms with Gasteiger partial charge in [0.1, 0.15) is 11.8 Å². The van der Waals surface area contributed by atoms with E-state index in [0.29, 0.717) is 57.1 Å². The molecule has 1 aliphatic heterocycles. The summed E-state index contributed by atoms with van der Waals surface area (Å²) in [5.74, 6) is -2.93. The summed E-state index contributed by atoms with van der Waals surface area (Å²) in [5.41, 5.74) is 6.42. The van der Waals surface area contributed by atoms with Crippen molar-refractivity contribution >= 4 is 41.0 Å². The first-order valence-electron chi connectivity index (χ1n) is 17.0. The molecule has 0 saturated heterocycles. The molecule has 1 heterocycles. The highest BCUT2D eigenvalue weighted by Gasteiger charge is 2.29. The topological polar surface area (TPSA) is 213 Å². The number of ketones is 1. The highest BCUT2D eigenvalue weighted by atomic mass is 16.6. The Balaban J connectivity index is 1.64. The number of benzene rings is 1. The Bertz CT molecular complexity index is 1250. The SMILES string of the molecule is CC(C)[C@H](CC(=O)CCOCCOCCOCCOCCN1C(=O)C=CC1=O)C(=O)N[C@@H](CCCCC(N)=O)C(=O)Nc1ccc(CO)cc1. The van der Waals surface area contributed by atoms with Gasteiger partial charge in [-0.15, -0.1) is 0 Å². The fourth-order valence-electron chi connectivity index (χ4n) is 4.85. The number of aliphatic hydroxyl groups is 1. The van der Waals surface area contributed by atoms with Crippen LogP contribution in [-0.4, -0.2) is 111 Å². The summed E-state index contributed by atoms with van der Waals surface area (Å²) >= 11 is 0. The molecule has 0 radical (unpaired) electrons. The Morgan fingerprint density at radius 3 is 1.88 bits per heavy atom. The Kier molecular flexibility index (Phi) is 20.4. The van der Waals surface area contributed by atoms with E-state index in [9.17, 15) is 33.9 Å². The maximum Gasteiger partial charge on any atom is 0.253 e. The summed E-state index contributed by atoms with van der Waals surface area (Å²) in [6.07, 6.45) is 3.97. The molecule has 5 N–H and O–H groups in total. The number of amides is 5. The molecule has 0 saturated carbocycles. The first kappa shape index (κ1) is 42.1. The van der Waals surface area contributed by atoms with E-state index in [-0.39, 0.29) is 82.2 Å². The van der Waals surface area contributed by atoms with Crippen LogP contribution in [0.4, 0.5) is 5.69 Å². The zero-order chi connectivity index (χ0) is 36.7. The molecule has 15 nitrogen and oxygen atoms in total. The summed E-state index contributed by atoms with van der Waals surface area (Å²) in [5, 5.41) is 14.9. The predicted molar refractivity (Wildman–Crippen MR) is 182 cm³/mol. The Morgan fingerprint density at radius 2 is 1.34 bits per heavy atom. The second-order valence-corrected chi connectivity index (χ2v) is 12.1. The fourth-order valence-corrected chi connectivity index (χ4v) is 4.85. The van der Waals surface area contributed by atoms with E-state index < -0.39 is 29.7 Å². The van der Waals surface area contributed by atoms with Gasteiger partial charge < -0.3 is 40.4 Å². The lowest BCUT2D eigenvalue weighted by molar-refractivity contribution is -0.137. The van der Waals surface area contributed by atoms with Crippen LogP contribution in [0, 0.1) is 11.8 Å². The zero-order valence-electron chi connectivity index (χ0n) is 29.1. The minimum atomic E-state index is -0.893. The van der Waals surface area contributed by atoms with Gasteiger partial charge in [-0.2, -0.15) is 0 Å². The van der Waals surface area contributed by atoms with Crippen molar-refractivity contribution in [2.45, 2.75) is 65.0 Å². The largest absolute Gasteiger partial charge is 0.392 e. The lowest BCUT2D eigenvalue weighted by Gasteiger charge is -2.24. The molecule has 0 spiro atoms. The number of nitrogens with one attached hydrogen (secondary N) is 2. The second kappa shape index (κ2) is 24.2. The molecule has 1 aliphatic rings. The molecule has 2 atom stereocenters. The van der Waals surface area contributed by atoms with Crippen LogP contribution in [0.5, 0.6) is 0 Å². The van der Waals surface area contributed by atoms with Gasteiger partial charge in [-0.3, -0.25) is 33.7 Å². The Labute approximate surface area is 293 Å². The molecular weight excluding hydrogens is 652 g/mol. The van der Waals surface area contributed by atoms with Gasteiger partial charge in [0.15, 0.2) is 0 Å². The monoisotopic (exact) mass is 704 g/mol. The molecule has 278 valence electrons. The predicted octanol–water partition coefficient (Wildman–Crippen LogP) is 1.26. The molecule has 2 rings (SSSR count). The van der Waals surface area contributed by atoms with Crippen molar-refractivity contribution in [3.05, 3.63) is 42.0 Å². The van der Waals surface area contributed by atoms with Crippen molar-refractivity contribution in [2.24, 2.45) is 17.6 Å². The van der Waals surface area contributed by atoms with Crippen molar-refractivity contribution in [3.63, 3.8) is 0 Å². The van der Waals surface area contributed by atoms with E-state index in [1.54, 1.807) is 24.3 Å². The minimum Gasteiger partial charge on any atom is -0.392 e. The molecular formula is C35H52N4O11. The van der Waals surface area contributed by atoms with Gasteiger partial charge in [0, 0.05) is 43.0 Å². The number of anilines is 1. The summed E-state index contributed by atoms with van der Waals surface area (Å²) in [7, 11) is 0. The lowest BCUT2D eigenvalue weighted by Crippen LogP contribution is -2.47. The number of imide groups is 1. The van der Waals surface area contributed by atoms with E-state index in [2.05, 4.69) is 10.6 Å². The van der Waals surface area contributed by atoms with Gasteiger partial charge in [-0.25, -0.2) is 0 Å². The number of hydrogen-bond donors (Lipinski definition) is 4. The number of hydrogen-bond acceptors (Lipinski definition) is 11. The number of rotatable bonds is 28. The molecule has 0 aliphatic carbocycles. The number of unbranched alkanes of at least 4 members (excludes halogenated alkanes) is 1. The van der Waals surface area contributed by atoms with E-state index >= 15 is 0 Å². The first-order chi connectivity index (χ1) is 24.0. The maximum atomic E-state index is 13.3. The lowest BCUT2D eigenvalue weighted by atomic mass is 9.88. The van der Waals surface area contributed by atoms with Crippen LogP contribution in [0.2, 0.25) is 0 Å². The third-order valence-electron chi connectivity index (χ3n) is 7.79. The number of nitrogens with zero attached hydrogens (tertiary/aromatic N) is 1. The molecule has 1 aromatic rings. The van der Waals surface area contributed by atoms with Crippen LogP contribution in [0.3, 0.4) is 0 Å². The average molecular weight is 705 g/mol. The Hall–Kier alpha value is -4.02. The number of aliphatic hydroxyl groups excluding tert-OH is 1. The number of primary amides is 1. The molecule has 1 aromatic carbocycles. The van der Waals surface area contributed by atoms with Gasteiger partial charge in [0.2, 0.25) is 17.7 Å². The minimum absolute atomic E-state index is 0.00520. The highest BCUT2D eigenvalue weighted by Crippen LogP contribution is 2.19. The summed E-state index contributed by atoms with van der Waals surface area (Å²) in [6, 6.07) is 5.77. The van der Waals surface area contributed by atoms with Crippen LogP contribution in [0.25, 0.3) is 0 Å². The van der Waals surface area contributed by atoms with E-state index in [4.69, 9.17) is 24.7 Å².